The summed E-state index contributed by atoms with van der Waals surface area (Å²) < 4.78 is 41.4. The Morgan fingerprint density at radius 2 is 1.94 bits per heavy atom. The van der Waals surface area contributed by atoms with Gasteiger partial charge in [-0.1, -0.05) is 36.7 Å². The SMILES string of the molecule is COCC1(OC)CN(C(=O)NC2[C@@H](C)C/C=C/[C@H](OC)[C@@H]3CC[C@H]3CN3Cc4ccc(Cl)cc4CCCCOc4ccc(cc43)C(=O)N=[S-]2=O)C1. The van der Waals surface area contributed by atoms with Crippen molar-refractivity contribution in [3.63, 3.8) is 0 Å². The molecule has 2 aromatic rings. The van der Waals surface area contributed by atoms with Crippen LogP contribution in [0.4, 0.5) is 10.5 Å². The summed E-state index contributed by atoms with van der Waals surface area (Å²) in [6.07, 6.45) is 9.36. The Morgan fingerprint density at radius 3 is 2.67 bits per heavy atom. The molecule has 278 valence electrons. The maximum Gasteiger partial charge on any atom is 0.316 e. The smallest absolute Gasteiger partial charge is 0.316 e. The number of hydrogen-bond donors (Lipinski definition) is 1. The fraction of sp³-hybridized carbons (Fsp3) is 0.579. The largest absolute Gasteiger partial charge is 0.491 e. The normalized spacial score (nSPS) is 27.6. The van der Waals surface area contributed by atoms with Gasteiger partial charge in [0.05, 0.1) is 38.1 Å². The zero-order chi connectivity index (χ0) is 36.1. The highest BCUT2D eigenvalue weighted by molar-refractivity contribution is 7.75. The van der Waals surface area contributed by atoms with Crippen molar-refractivity contribution in [2.45, 2.75) is 69.1 Å². The van der Waals surface area contributed by atoms with E-state index in [2.05, 4.69) is 32.8 Å². The first-order valence-electron chi connectivity index (χ1n) is 17.9. The summed E-state index contributed by atoms with van der Waals surface area (Å²) in [6.45, 7) is 4.80. The van der Waals surface area contributed by atoms with Crippen LogP contribution in [-0.2, 0) is 42.0 Å². The molecule has 6 rings (SSSR count). The van der Waals surface area contributed by atoms with Crippen LogP contribution in [0.15, 0.2) is 52.9 Å². The third kappa shape index (κ3) is 8.57. The molecule has 3 heterocycles. The number of benzene rings is 2. The Bertz CT molecular complexity index is 1690. The summed E-state index contributed by atoms with van der Waals surface area (Å²) in [5, 5.41) is 2.73. The third-order valence-electron chi connectivity index (χ3n) is 10.9. The van der Waals surface area contributed by atoms with Crippen molar-refractivity contribution in [1.82, 2.24) is 10.2 Å². The van der Waals surface area contributed by atoms with Gasteiger partial charge in [-0.05, 0) is 103 Å². The van der Waals surface area contributed by atoms with Crippen LogP contribution in [-0.4, -0.2) is 88.1 Å². The van der Waals surface area contributed by atoms with Crippen molar-refractivity contribution in [3.8, 4) is 5.75 Å². The van der Waals surface area contributed by atoms with Crippen molar-refractivity contribution in [1.29, 1.82) is 0 Å². The fourth-order valence-corrected chi connectivity index (χ4v) is 8.96. The van der Waals surface area contributed by atoms with E-state index in [0.29, 0.717) is 67.4 Å². The molecule has 0 spiro atoms. The Hall–Kier alpha value is -3.16. The van der Waals surface area contributed by atoms with Crippen molar-refractivity contribution < 1.29 is 32.7 Å². The van der Waals surface area contributed by atoms with E-state index in [0.717, 1.165) is 44.3 Å². The molecule has 1 saturated carbocycles. The van der Waals surface area contributed by atoms with Crippen molar-refractivity contribution in [3.05, 3.63) is 70.3 Å². The van der Waals surface area contributed by atoms with Gasteiger partial charge in [0.2, 0.25) is 0 Å². The van der Waals surface area contributed by atoms with Crippen LogP contribution in [0.3, 0.4) is 0 Å². The summed E-state index contributed by atoms with van der Waals surface area (Å²) in [5.74, 6) is 0.415. The van der Waals surface area contributed by atoms with Gasteiger partial charge in [0.15, 0.2) is 0 Å². The molecule has 1 unspecified atom stereocenters. The van der Waals surface area contributed by atoms with Crippen LogP contribution in [0, 0.1) is 17.8 Å². The molecular formula is C38H50ClN4O7S-. The standard InChI is InChI=1S/C38H50ClN4O7S/c1-25-8-7-10-33(48-3)31-15-12-29(31)21-42-20-28-11-14-30(39)18-26(28)9-5-6-17-50-34-16-13-27(19-32(34)42)35(44)41-51(46)36(25)40-37(45)43-22-38(23-43,49-4)24-47-2/h7,10-11,13-14,16,18-19,25,29,31,33,36H,5-6,8-9,12,15,17,20-24H2,1-4H3,(H,40,45)/q-1/b10-7+/t25-,29-,31+,33-,36?/m0/s1. The molecule has 3 amide bonds. The predicted octanol–water partition coefficient (Wildman–Crippen LogP) is 6.37. The highest BCUT2D eigenvalue weighted by atomic mass is 35.5. The number of rotatable bonds is 5. The highest BCUT2D eigenvalue weighted by Crippen LogP contribution is 2.42. The number of allylic oxidation sites excluding steroid dienone is 1. The van der Waals surface area contributed by atoms with E-state index in [1.54, 1.807) is 32.3 Å². The van der Waals surface area contributed by atoms with Gasteiger partial charge in [-0.2, -0.15) is 10.6 Å². The van der Waals surface area contributed by atoms with Crippen LogP contribution in [0.1, 0.15) is 60.5 Å². The molecule has 2 aromatic carbocycles. The number of nitrogens with one attached hydrogen (secondary N) is 1. The first-order valence-corrected chi connectivity index (χ1v) is 19.4. The second-order valence-corrected chi connectivity index (χ2v) is 16.0. The number of amides is 3. The molecule has 3 aliphatic heterocycles. The Kier molecular flexibility index (Phi) is 12.3. The van der Waals surface area contributed by atoms with E-state index in [1.807, 2.05) is 31.2 Å². The lowest BCUT2D eigenvalue weighted by atomic mass is 9.70. The van der Waals surface area contributed by atoms with E-state index in [9.17, 15) is 13.8 Å². The van der Waals surface area contributed by atoms with Crippen molar-refractivity contribution >= 4 is 39.8 Å². The molecule has 0 radical (unpaired) electrons. The van der Waals surface area contributed by atoms with Gasteiger partial charge in [0.25, 0.3) is 5.91 Å². The van der Waals surface area contributed by atoms with Crippen LogP contribution < -0.4 is 15.0 Å². The fourth-order valence-electron chi connectivity index (χ4n) is 7.67. The van der Waals surface area contributed by atoms with E-state index in [-0.39, 0.29) is 12.0 Å². The minimum absolute atomic E-state index is 0.102. The van der Waals surface area contributed by atoms with Gasteiger partial charge in [0.1, 0.15) is 11.4 Å². The Labute approximate surface area is 308 Å². The Balaban J connectivity index is 1.36. The number of hydrogen-bond acceptors (Lipinski definition) is 9. The van der Waals surface area contributed by atoms with E-state index in [4.69, 9.17) is 30.5 Å². The molecule has 0 aromatic heterocycles. The zero-order valence-electron chi connectivity index (χ0n) is 30.0. The summed E-state index contributed by atoms with van der Waals surface area (Å²) in [6, 6.07) is 11.0. The quantitative estimate of drug-likeness (QED) is 0.278. The number of methoxy groups -OCH3 is 3. The molecule has 1 saturated heterocycles. The van der Waals surface area contributed by atoms with Crippen LogP contribution in [0.2, 0.25) is 5.02 Å². The lowest BCUT2D eigenvalue weighted by Crippen LogP contribution is -2.68. The number of halogens is 1. The minimum atomic E-state index is -2.08. The molecule has 11 nitrogen and oxygen atoms in total. The average Bonchev–Trinajstić information content (AvgIpc) is 3.12. The number of urea groups is 1. The number of nitrogens with zero attached hydrogens (tertiary/aromatic N) is 3. The highest BCUT2D eigenvalue weighted by Gasteiger charge is 2.46. The first kappa shape index (κ1) is 37.6. The van der Waals surface area contributed by atoms with Gasteiger partial charge < -0.3 is 42.6 Å². The van der Waals surface area contributed by atoms with Crippen LogP contribution >= 0.6 is 11.6 Å². The summed E-state index contributed by atoms with van der Waals surface area (Å²) >= 11 is 6.46. The lowest BCUT2D eigenvalue weighted by Gasteiger charge is -2.49. The second-order valence-electron chi connectivity index (χ2n) is 14.3. The molecule has 2 fully saturated rings. The Morgan fingerprint density at radius 1 is 1.12 bits per heavy atom. The number of fused-ring (bicyclic) bond motifs is 3. The number of carbonyl (C=O) groups is 2. The van der Waals surface area contributed by atoms with E-state index >= 15 is 0 Å². The van der Waals surface area contributed by atoms with Gasteiger partial charge in [0, 0.05) is 45.0 Å². The average molecular weight is 742 g/mol. The molecular weight excluding hydrogens is 692 g/mol. The number of carbonyl (C=O) groups excluding carboxylic acids is 2. The molecule has 1 N–H and O–H groups in total. The molecule has 1 aliphatic carbocycles. The molecule has 2 bridgehead atoms. The third-order valence-corrected chi connectivity index (χ3v) is 12.5. The summed E-state index contributed by atoms with van der Waals surface area (Å²) in [5.41, 5.74) is 2.91. The van der Waals surface area contributed by atoms with Crippen LogP contribution in [0.5, 0.6) is 5.75 Å². The predicted molar refractivity (Wildman–Crippen MR) is 198 cm³/mol. The minimum Gasteiger partial charge on any atom is -0.491 e. The van der Waals surface area contributed by atoms with E-state index < -0.39 is 33.5 Å². The van der Waals surface area contributed by atoms with Crippen LogP contribution in [0.25, 0.3) is 0 Å². The topological polar surface area (TPSA) is 119 Å². The molecule has 4 aliphatic rings. The summed E-state index contributed by atoms with van der Waals surface area (Å²) in [7, 11) is 2.85. The molecule has 5 atom stereocenters. The van der Waals surface area contributed by atoms with Gasteiger partial charge in [-0.25, -0.2) is 4.79 Å². The monoisotopic (exact) mass is 741 g/mol. The first-order chi connectivity index (χ1) is 24.6. The van der Waals surface area contributed by atoms with Gasteiger partial charge in [-0.15, -0.1) is 0 Å². The van der Waals surface area contributed by atoms with E-state index in [1.165, 1.54) is 11.1 Å². The zero-order valence-corrected chi connectivity index (χ0v) is 31.5. The molecule has 13 heteroatoms. The van der Waals surface area contributed by atoms with Crippen molar-refractivity contribution in [2.75, 3.05) is 59.1 Å². The number of likely N-dealkylation sites (tertiary alicyclic amines) is 1. The maximum atomic E-state index is 13.9. The number of anilines is 1. The number of ether oxygens (including phenoxy) is 4. The second kappa shape index (κ2) is 16.7. The lowest BCUT2D eigenvalue weighted by molar-refractivity contribution is -0.138. The van der Waals surface area contributed by atoms with Crippen molar-refractivity contribution in [2.24, 2.45) is 22.1 Å². The maximum absolute atomic E-state index is 13.9. The molecule has 51 heavy (non-hydrogen) atoms. The van der Waals surface area contributed by atoms with Gasteiger partial charge in [-0.3, -0.25) is 4.79 Å². The summed E-state index contributed by atoms with van der Waals surface area (Å²) in [4.78, 5) is 31.1. The number of aryl methyl sites for hydroxylation is 1. The van der Waals surface area contributed by atoms with Gasteiger partial charge >= 0.3 is 6.03 Å².